The predicted octanol–water partition coefficient (Wildman–Crippen LogP) is 4.86. The number of pyridine rings is 1. The first-order valence-electron chi connectivity index (χ1n) is 13.4. The number of likely N-dealkylation sites (tertiary alicyclic amines) is 1. The Morgan fingerprint density at radius 2 is 1.54 bits per heavy atom. The van der Waals surface area contributed by atoms with Crippen LogP contribution in [0.5, 0.6) is 0 Å². The van der Waals surface area contributed by atoms with Crippen LogP contribution in [0.15, 0.2) is 54.9 Å². The molecular formula is C31H37N5O. The molecule has 6 rings (SSSR count). The average molecular weight is 496 g/mol. The van der Waals surface area contributed by atoms with Crippen molar-refractivity contribution in [2.24, 2.45) is 5.92 Å². The molecule has 6 nitrogen and oxygen atoms in total. The number of rotatable bonds is 5. The van der Waals surface area contributed by atoms with Crippen molar-refractivity contribution >= 4 is 16.7 Å². The van der Waals surface area contributed by atoms with E-state index < -0.39 is 6.10 Å². The first-order valence-corrected chi connectivity index (χ1v) is 13.4. The van der Waals surface area contributed by atoms with E-state index in [1.165, 1.54) is 22.4 Å². The zero-order chi connectivity index (χ0) is 25.7. The monoisotopic (exact) mass is 495 g/mol. The van der Waals surface area contributed by atoms with E-state index >= 15 is 0 Å². The number of piperazine rings is 1. The molecule has 4 heterocycles. The topological polar surface area (TPSA) is 58.6 Å². The molecule has 2 aromatic heterocycles. The van der Waals surface area contributed by atoms with Crippen LogP contribution in [0.1, 0.15) is 22.8 Å². The van der Waals surface area contributed by atoms with Gasteiger partial charge in [-0.1, -0.05) is 24.3 Å². The molecule has 37 heavy (non-hydrogen) atoms. The van der Waals surface area contributed by atoms with Gasteiger partial charge in [-0.25, -0.2) is 4.98 Å². The molecule has 0 spiro atoms. The zero-order valence-corrected chi connectivity index (χ0v) is 22.3. The highest BCUT2D eigenvalue weighted by Crippen LogP contribution is 2.36. The number of aromatic amines is 1. The van der Waals surface area contributed by atoms with Gasteiger partial charge in [-0.2, -0.15) is 0 Å². The molecule has 1 unspecified atom stereocenters. The van der Waals surface area contributed by atoms with Gasteiger partial charge in [-0.15, -0.1) is 0 Å². The van der Waals surface area contributed by atoms with Crippen molar-refractivity contribution in [3.63, 3.8) is 0 Å². The maximum Gasteiger partial charge on any atom is 0.137 e. The van der Waals surface area contributed by atoms with Crippen molar-refractivity contribution in [1.82, 2.24) is 19.8 Å². The summed E-state index contributed by atoms with van der Waals surface area (Å²) in [5.41, 5.74) is 10.5. The number of aryl methyl sites for hydroxylation is 2. The van der Waals surface area contributed by atoms with Gasteiger partial charge in [0.1, 0.15) is 5.65 Å². The Morgan fingerprint density at radius 1 is 0.865 bits per heavy atom. The fraction of sp³-hybridized carbons (Fsp3) is 0.387. The van der Waals surface area contributed by atoms with Gasteiger partial charge in [-0.3, -0.25) is 0 Å². The number of nitrogens with one attached hydrogen (secondary N) is 1. The Hall–Kier alpha value is -3.19. The van der Waals surface area contributed by atoms with Crippen molar-refractivity contribution in [3.05, 3.63) is 71.5 Å². The van der Waals surface area contributed by atoms with Crippen LogP contribution < -0.4 is 4.90 Å². The molecule has 2 aromatic carbocycles. The van der Waals surface area contributed by atoms with E-state index in [1.807, 2.05) is 12.4 Å². The van der Waals surface area contributed by atoms with E-state index in [2.05, 4.69) is 90.1 Å². The molecule has 2 N–H and O–H groups in total. The smallest absolute Gasteiger partial charge is 0.137 e. The zero-order valence-electron chi connectivity index (χ0n) is 22.3. The number of likely N-dealkylation sites (N-methyl/N-ethyl adjacent to an activating group) is 1. The molecule has 1 atom stereocenters. The van der Waals surface area contributed by atoms with Gasteiger partial charge in [0.15, 0.2) is 0 Å². The summed E-state index contributed by atoms with van der Waals surface area (Å²) in [5, 5.41) is 11.8. The first-order chi connectivity index (χ1) is 17.9. The molecule has 4 aromatic rings. The van der Waals surface area contributed by atoms with E-state index in [1.54, 1.807) is 0 Å². The number of anilines is 1. The van der Waals surface area contributed by atoms with Crippen molar-refractivity contribution in [3.8, 4) is 22.3 Å². The van der Waals surface area contributed by atoms with Gasteiger partial charge in [0, 0.05) is 79.8 Å². The van der Waals surface area contributed by atoms with Gasteiger partial charge in [0.05, 0.1) is 6.10 Å². The molecule has 2 aliphatic rings. The van der Waals surface area contributed by atoms with Crippen LogP contribution in [0.3, 0.4) is 0 Å². The molecule has 2 saturated heterocycles. The number of aromatic nitrogens is 2. The Morgan fingerprint density at radius 3 is 2.19 bits per heavy atom. The fourth-order valence-corrected chi connectivity index (χ4v) is 6.13. The summed E-state index contributed by atoms with van der Waals surface area (Å²) in [6.45, 7) is 10.7. The normalized spacial score (nSPS) is 18.4. The summed E-state index contributed by atoms with van der Waals surface area (Å²) in [5.74, 6) is 0.324. The number of aliphatic hydroxyl groups excluding tert-OH is 1. The SMILES string of the molecule is Cc1cc(-c2cnc3[nH]cc(-c4ccc(C(O)C5CN(C)C5)cc4)c3c2)cc(C)c1N1CCN(C)CC1. The van der Waals surface area contributed by atoms with Crippen molar-refractivity contribution in [1.29, 1.82) is 0 Å². The highest BCUT2D eigenvalue weighted by Gasteiger charge is 2.30. The number of hydrogen-bond acceptors (Lipinski definition) is 5. The quantitative estimate of drug-likeness (QED) is 0.414. The minimum atomic E-state index is -0.401. The molecule has 6 heteroatoms. The molecule has 192 valence electrons. The van der Waals surface area contributed by atoms with Crippen LogP contribution in [0.4, 0.5) is 5.69 Å². The largest absolute Gasteiger partial charge is 0.388 e. The second kappa shape index (κ2) is 9.60. The number of aliphatic hydroxyl groups is 1. The first kappa shape index (κ1) is 24.2. The lowest BCUT2D eigenvalue weighted by atomic mass is 9.89. The van der Waals surface area contributed by atoms with E-state index in [0.717, 1.165) is 72.6 Å². The number of H-pyrrole nitrogens is 1. The van der Waals surface area contributed by atoms with Crippen LogP contribution in [-0.2, 0) is 0 Å². The average Bonchev–Trinajstić information content (AvgIpc) is 3.30. The van der Waals surface area contributed by atoms with Crippen molar-refractivity contribution in [2.75, 3.05) is 58.3 Å². The van der Waals surface area contributed by atoms with Gasteiger partial charge in [-0.05, 0) is 74.0 Å². The minimum absolute atomic E-state index is 0.324. The van der Waals surface area contributed by atoms with Crippen LogP contribution >= 0.6 is 0 Å². The molecule has 0 radical (unpaired) electrons. The van der Waals surface area contributed by atoms with E-state index in [9.17, 15) is 5.11 Å². The third kappa shape index (κ3) is 4.54. The lowest BCUT2D eigenvalue weighted by molar-refractivity contribution is 0.00901. The van der Waals surface area contributed by atoms with Crippen LogP contribution in [0.2, 0.25) is 0 Å². The van der Waals surface area contributed by atoms with E-state index in [0.29, 0.717) is 5.92 Å². The summed E-state index contributed by atoms with van der Waals surface area (Å²) >= 11 is 0. The third-order valence-electron chi connectivity index (χ3n) is 8.28. The molecule has 2 fully saturated rings. The molecule has 0 amide bonds. The lowest BCUT2D eigenvalue weighted by Gasteiger charge is -2.39. The highest BCUT2D eigenvalue weighted by atomic mass is 16.3. The molecule has 0 bridgehead atoms. The second-order valence-corrected chi connectivity index (χ2v) is 11.1. The number of hydrogen-bond donors (Lipinski definition) is 2. The van der Waals surface area contributed by atoms with E-state index in [-0.39, 0.29) is 0 Å². The van der Waals surface area contributed by atoms with Gasteiger partial charge in [0.2, 0.25) is 0 Å². The Bertz CT molecular complexity index is 1390. The minimum Gasteiger partial charge on any atom is -0.388 e. The highest BCUT2D eigenvalue weighted by molar-refractivity contribution is 5.96. The van der Waals surface area contributed by atoms with Crippen LogP contribution in [0, 0.1) is 19.8 Å². The van der Waals surface area contributed by atoms with Gasteiger partial charge < -0.3 is 24.8 Å². The summed E-state index contributed by atoms with van der Waals surface area (Å²) in [7, 11) is 4.29. The standard InChI is InChI=1S/C31H37N5O/c1-20-13-24(14-21(2)29(20)36-11-9-34(3)10-12-36)25-15-27-28(17-33-31(27)32-16-25)22-5-7-23(8-6-22)30(37)26-18-35(4)19-26/h5-8,13-17,26,30,37H,9-12,18-19H2,1-4H3,(H,32,33). The molecular weight excluding hydrogens is 458 g/mol. The summed E-state index contributed by atoms with van der Waals surface area (Å²) in [4.78, 5) is 15.3. The molecule has 0 aliphatic carbocycles. The Balaban J connectivity index is 1.29. The number of benzene rings is 2. The second-order valence-electron chi connectivity index (χ2n) is 11.1. The summed E-state index contributed by atoms with van der Waals surface area (Å²) in [6.07, 6.45) is 3.61. The maximum atomic E-state index is 10.7. The Labute approximate surface area is 219 Å². The summed E-state index contributed by atoms with van der Waals surface area (Å²) < 4.78 is 0. The molecule has 2 aliphatic heterocycles. The van der Waals surface area contributed by atoms with Crippen LogP contribution in [-0.4, -0.2) is 78.2 Å². The van der Waals surface area contributed by atoms with Crippen LogP contribution in [0.25, 0.3) is 33.3 Å². The van der Waals surface area contributed by atoms with Gasteiger partial charge >= 0.3 is 0 Å². The fourth-order valence-electron chi connectivity index (χ4n) is 6.13. The Kier molecular flexibility index (Phi) is 6.27. The molecule has 0 saturated carbocycles. The number of nitrogens with zero attached hydrogens (tertiary/aromatic N) is 4. The predicted molar refractivity (Wildman–Crippen MR) is 152 cm³/mol. The van der Waals surface area contributed by atoms with Gasteiger partial charge in [0.25, 0.3) is 0 Å². The number of fused-ring (bicyclic) bond motifs is 1. The van der Waals surface area contributed by atoms with Crippen molar-refractivity contribution in [2.45, 2.75) is 20.0 Å². The lowest BCUT2D eigenvalue weighted by Crippen LogP contribution is -2.46. The summed E-state index contributed by atoms with van der Waals surface area (Å²) in [6, 6.07) is 15.2. The van der Waals surface area contributed by atoms with Crippen molar-refractivity contribution < 1.29 is 5.11 Å². The third-order valence-corrected chi connectivity index (χ3v) is 8.28. The van der Waals surface area contributed by atoms with E-state index in [4.69, 9.17) is 4.98 Å². The maximum absolute atomic E-state index is 10.7.